The number of aliphatic hydroxyl groups excluding tert-OH is 2. The van der Waals surface area contributed by atoms with Crippen molar-refractivity contribution >= 4 is 0 Å². The van der Waals surface area contributed by atoms with Crippen LogP contribution in [0.2, 0.25) is 0 Å². The minimum absolute atomic E-state index is 0.0458. The fourth-order valence-corrected chi connectivity index (χ4v) is 1.63. The van der Waals surface area contributed by atoms with Gasteiger partial charge in [-0.3, -0.25) is 0 Å². The number of aromatic nitrogens is 3. The van der Waals surface area contributed by atoms with E-state index in [-0.39, 0.29) is 19.3 Å². The molecule has 110 valence electrons. The first kappa shape index (κ1) is 16.0. The standard InChI is InChI=1S/C12H23N3O4/c1-10(8-18-2)19-9-12(17)7-15-6-11(13-14-15)4-3-5-16/h6,10,12,16-17H,3-5,7-9H2,1-2H3. The summed E-state index contributed by atoms with van der Waals surface area (Å²) in [6.07, 6.45) is 2.45. The third-order valence-corrected chi connectivity index (χ3v) is 2.55. The molecule has 1 aromatic heterocycles. The predicted molar refractivity (Wildman–Crippen MR) is 68.7 cm³/mol. The van der Waals surface area contributed by atoms with Crippen molar-refractivity contribution in [2.24, 2.45) is 0 Å². The number of methoxy groups -OCH3 is 1. The van der Waals surface area contributed by atoms with Gasteiger partial charge in [-0.25, -0.2) is 4.68 Å². The molecule has 7 heteroatoms. The molecule has 1 heterocycles. The molecule has 0 aliphatic rings. The normalized spacial score (nSPS) is 14.5. The average Bonchev–Trinajstić information content (AvgIpc) is 2.82. The molecule has 2 N–H and O–H groups in total. The van der Waals surface area contributed by atoms with E-state index in [1.165, 1.54) is 0 Å². The van der Waals surface area contributed by atoms with Crippen LogP contribution < -0.4 is 0 Å². The maximum absolute atomic E-state index is 9.81. The SMILES string of the molecule is COCC(C)OCC(O)Cn1cc(CCCO)nn1. The molecule has 0 fully saturated rings. The van der Waals surface area contributed by atoms with Gasteiger partial charge in [-0.1, -0.05) is 5.21 Å². The molecule has 0 saturated carbocycles. The van der Waals surface area contributed by atoms with Crippen LogP contribution in [0.5, 0.6) is 0 Å². The molecule has 7 nitrogen and oxygen atoms in total. The van der Waals surface area contributed by atoms with E-state index in [1.807, 2.05) is 6.92 Å². The molecule has 0 bridgehead atoms. The monoisotopic (exact) mass is 273 g/mol. The summed E-state index contributed by atoms with van der Waals surface area (Å²) < 4.78 is 11.9. The Bertz CT molecular complexity index is 345. The molecule has 0 saturated heterocycles. The van der Waals surface area contributed by atoms with Crippen molar-refractivity contribution in [3.05, 3.63) is 11.9 Å². The summed E-state index contributed by atoms with van der Waals surface area (Å²) in [5, 5.41) is 26.4. The minimum Gasteiger partial charge on any atom is -0.396 e. The van der Waals surface area contributed by atoms with Gasteiger partial charge in [0.1, 0.15) is 0 Å². The minimum atomic E-state index is -0.633. The molecule has 0 aliphatic carbocycles. The Morgan fingerprint density at radius 2 is 2.21 bits per heavy atom. The second kappa shape index (κ2) is 8.98. The van der Waals surface area contributed by atoms with Gasteiger partial charge < -0.3 is 19.7 Å². The molecule has 0 spiro atoms. The van der Waals surface area contributed by atoms with Crippen molar-refractivity contribution in [2.45, 2.75) is 38.5 Å². The summed E-state index contributed by atoms with van der Waals surface area (Å²) in [6.45, 7) is 3.10. The second-order valence-corrected chi connectivity index (χ2v) is 4.51. The van der Waals surface area contributed by atoms with Crippen LogP contribution in [0, 0.1) is 0 Å². The van der Waals surface area contributed by atoms with E-state index in [9.17, 15) is 5.11 Å². The zero-order valence-electron chi connectivity index (χ0n) is 11.5. The van der Waals surface area contributed by atoms with E-state index in [0.717, 1.165) is 5.69 Å². The summed E-state index contributed by atoms with van der Waals surface area (Å²) in [6, 6.07) is 0. The van der Waals surface area contributed by atoms with E-state index < -0.39 is 6.10 Å². The summed E-state index contributed by atoms with van der Waals surface area (Å²) in [5.41, 5.74) is 0.815. The second-order valence-electron chi connectivity index (χ2n) is 4.51. The van der Waals surface area contributed by atoms with Crippen molar-refractivity contribution in [2.75, 3.05) is 26.9 Å². The van der Waals surface area contributed by atoms with E-state index in [2.05, 4.69) is 10.3 Å². The van der Waals surface area contributed by atoms with Crippen molar-refractivity contribution in [3.63, 3.8) is 0 Å². The molecule has 1 aromatic rings. The number of ether oxygens (including phenoxy) is 2. The lowest BCUT2D eigenvalue weighted by molar-refractivity contribution is -0.0365. The van der Waals surface area contributed by atoms with Crippen LogP contribution in [0.25, 0.3) is 0 Å². The van der Waals surface area contributed by atoms with Gasteiger partial charge in [0.15, 0.2) is 0 Å². The molecule has 19 heavy (non-hydrogen) atoms. The number of aliphatic hydroxyl groups is 2. The summed E-state index contributed by atoms with van der Waals surface area (Å²) in [4.78, 5) is 0. The third-order valence-electron chi connectivity index (χ3n) is 2.55. The van der Waals surface area contributed by atoms with E-state index >= 15 is 0 Å². The highest BCUT2D eigenvalue weighted by molar-refractivity contribution is 4.92. The lowest BCUT2D eigenvalue weighted by Gasteiger charge is -2.15. The Morgan fingerprint density at radius 1 is 1.42 bits per heavy atom. The first-order valence-corrected chi connectivity index (χ1v) is 6.44. The van der Waals surface area contributed by atoms with Crippen molar-refractivity contribution in [3.8, 4) is 0 Å². The molecule has 0 amide bonds. The van der Waals surface area contributed by atoms with Gasteiger partial charge in [-0.2, -0.15) is 0 Å². The van der Waals surface area contributed by atoms with Crippen LogP contribution in [0.3, 0.4) is 0 Å². The Morgan fingerprint density at radius 3 is 2.89 bits per heavy atom. The Balaban J connectivity index is 2.27. The Kier molecular flexibility index (Phi) is 7.57. The van der Waals surface area contributed by atoms with Crippen LogP contribution in [-0.2, 0) is 22.4 Å². The zero-order valence-corrected chi connectivity index (χ0v) is 11.5. The topological polar surface area (TPSA) is 89.6 Å². The first-order valence-electron chi connectivity index (χ1n) is 6.44. The van der Waals surface area contributed by atoms with Crippen LogP contribution in [-0.4, -0.2) is 64.3 Å². The number of rotatable bonds is 10. The van der Waals surface area contributed by atoms with Crippen LogP contribution >= 0.6 is 0 Å². The number of hydrogen-bond acceptors (Lipinski definition) is 6. The smallest absolute Gasteiger partial charge is 0.0969 e. The maximum Gasteiger partial charge on any atom is 0.0969 e. The van der Waals surface area contributed by atoms with Crippen LogP contribution in [0.4, 0.5) is 0 Å². The van der Waals surface area contributed by atoms with Gasteiger partial charge >= 0.3 is 0 Å². The van der Waals surface area contributed by atoms with E-state index in [4.69, 9.17) is 14.6 Å². The Hall–Kier alpha value is -1.02. The van der Waals surface area contributed by atoms with Gasteiger partial charge in [0.25, 0.3) is 0 Å². The fourth-order valence-electron chi connectivity index (χ4n) is 1.63. The quantitative estimate of drug-likeness (QED) is 0.604. The lowest BCUT2D eigenvalue weighted by Crippen LogP contribution is -2.26. The molecule has 0 aromatic carbocycles. The van der Waals surface area contributed by atoms with Gasteiger partial charge in [-0.05, 0) is 19.8 Å². The molecule has 2 atom stereocenters. The van der Waals surface area contributed by atoms with Crippen molar-refractivity contribution in [1.29, 1.82) is 0 Å². The van der Waals surface area contributed by atoms with E-state index in [0.29, 0.717) is 26.0 Å². The van der Waals surface area contributed by atoms with Gasteiger partial charge in [0.2, 0.25) is 0 Å². The van der Waals surface area contributed by atoms with Crippen LogP contribution in [0.1, 0.15) is 19.0 Å². The largest absolute Gasteiger partial charge is 0.396 e. The molecule has 2 unspecified atom stereocenters. The van der Waals surface area contributed by atoms with Gasteiger partial charge in [0, 0.05) is 19.9 Å². The van der Waals surface area contributed by atoms with Gasteiger partial charge in [-0.15, -0.1) is 5.10 Å². The number of hydrogen-bond donors (Lipinski definition) is 2. The first-order chi connectivity index (χ1) is 9.15. The highest BCUT2D eigenvalue weighted by Crippen LogP contribution is 2.00. The molecular weight excluding hydrogens is 250 g/mol. The van der Waals surface area contributed by atoms with Crippen molar-refractivity contribution in [1.82, 2.24) is 15.0 Å². The van der Waals surface area contributed by atoms with Crippen molar-refractivity contribution < 1.29 is 19.7 Å². The predicted octanol–water partition coefficient (Wildman–Crippen LogP) is -0.385. The fraction of sp³-hybridized carbons (Fsp3) is 0.833. The summed E-state index contributed by atoms with van der Waals surface area (Å²) in [5.74, 6) is 0. The molecule has 1 rings (SSSR count). The molecule has 0 aliphatic heterocycles. The third kappa shape index (κ3) is 6.63. The summed E-state index contributed by atoms with van der Waals surface area (Å²) >= 11 is 0. The molecular formula is C12H23N3O4. The highest BCUT2D eigenvalue weighted by atomic mass is 16.5. The van der Waals surface area contributed by atoms with E-state index in [1.54, 1.807) is 18.0 Å². The maximum atomic E-state index is 9.81. The Labute approximate surface area is 113 Å². The summed E-state index contributed by atoms with van der Waals surface area (Å²) in [7, 11) is 1.61. The lowest BCUT2D eigenvalue weighted by atomic mass is 10.2. The average molecular weight is 273 g/mol. The highest BCUT2D eigenvalue weighted by Gasteiger charge is 2.10. The zero-order chi connectivity index (χ0) is 14.1. The number of aryl methyl sites for hydroxylation is 1. The van der Waals surface area contributed by atoms with Gasteiger partial charge in [0.05, 0.1) is 37.7 Å². The number of nitrogens with zero attached hydrogens (tertiary/aromatic N) is 3. The molecule has 0 radical (unpaired) electrons. The van der Waals surface area contributed by atoms with Crippen LogP contribution in [0.15, 0.2) is 6.20 Å².